The van der Waals surface area contributed by atoms with Crippen molar-refractivity contribution in [2.75, 3.05) is 13.7 Å². The Kier molecular flexibility index (Phi) is 8.04. The molecule has 27 heavy (non-hydrogen) atoms. The van der Waals surface area contributed by atoms with E-state index in [0.717, 1.165) is 29.7 Å². The van der Waals surface area contributed by atoms with Gasteiger partial charge in [-0.2, -0.15) is 8.78 Å². The quantitative estimate of drug-likeness (QED) is 0.677. The fourth-order valence-corrected chi connectivity index (χ4v) is 2.80. The van der Waals surface area contributed by atoms with Gasteiger partial charge in [-0.15, -0.1) is 0 Å². The molecule has 146 valence electrons. The largest absolute Gasteiger partial charge is 0.496 e. The first-order chi connectivity index (χ1) is 13.0. The summed E-state index contributed by atoms with van der Waals surface area (Å²) in [5.74, 6) is 0.841. The van der Waals surface area contributed by atoms with Crippen molar-refractivity contribution in [1.82, 2.24) is 5.32 Å². The highest BCUT2D eigenvalue weighted by molar-refractivity contribution is 5.78. The molecular formula is C21H25F2NO3. The van der Waals surface area contributed by atoms with Crippen molar-refractivity contribution in [3.05, 3.63) is 59.2 Å². The van der Waals surface area contributed by atoms with Crippen molar-refractivity contribution in [1.29, 1.82) is 0 Å². The van der Waals surface area contributed by atoms with Crippen LogP contribution in [0.3, 0.4) is 0 Å². The maximum Gasteiger partial charge on any atom is 0.387 e. The van der Waals surface area contributed by atoms with E-state index in [-0.39, 0.29) is 18.1 Å². The highest BCUT2D eigenvalue weighted by atomic mass is 19.3. The number of methoxy groups -OCH3 is 1. The van der Waals surface area contributed by atoms with Gasteiger partial charge in [-0.3, -0.25) is 4.79 Å². The molecule has 0 atom stereocenters. The zero-order valence-electron chi connectivity index (χ0n) is 15.6. The Morgan fingerprint density at radius 2 is 1.78 bits per heavy atom. The second-order valence-corrected chi connectivity index (χ2v) is 6.20. The Labute approximate surface area is 158 Å². The third-order valence-corrected chi connectivity index (χ3v) is 4.12. The maximum atomic E-state index is 12.1. The summed E-state index contributed by atoms with van der Waals surface area (Å²) in [5, 5.41) is 2.87. The van der Waals surface area contributed by atoms with Crippen LogP contribution in [0.25, 0.3) is 0 Å². The number of benzene rings is 2. The molecule has 6 heteroatoms. The van der Waals surface area contributed by atoms with Crippen LogP contribution >= 0.6 is 0 Å². The van der Waals surface area contributed by atoms with E-state index < -0.39 is 6.61 Å². The Bertz CT molecular complexity index is 733. The van der Waals surface area contributed by atoms with Gasteiger partial charge in [-0.25, -0.2) is 0 Å². The monoisotopic (exact) mass is 377 g/mol. The van der Waals surface area contributed by atoms with Crippen LogP contribution in [-0.4, -0.2) is 26.2 Å². The summed E-state index contributed by atoms with van der Waals surface area (Å²) in [6, 6.07) is 12.2. The maximum absolute atomic E-state index is 12.1. The minimum Gasteiger partial charge on any atom is -0.496 e. The molecule has 0 radical (unpaired) electrons. The average Bonchev–Trinajstić information content (AvgIpc) is 2.64. The predicted octanol–water partition coefficient (Wildman–Crippen LogP) is 4.15. The van der Waals surface area contributed by atoms with Crippen LogP contribution in [0.1, 0.15) is 30.0 Å². The van der Waals surface area contributed by atoms with E-state index >= 15 is 0 Å². The van der Waals surface area contributed by atoms with Crippen molar-refractivity contribution in [2.24, 2.45) is 0 Å². The molecule has 0 unspecified atom stereocenters. The summed E-state index contributed by atoms with van der Waals surface area (Å²) < 4.78 is 34.0. The molecule has 0 saturated carbocycles. The van der Waals surface area contributed by atoms with Gasteiger partial charge in [0.15, 0.2) is 0 Å². The number of alkyl halides is 2. The summed E-state index contributed by atoms with van der Waals surface area (Å²) in [7, 11) is 1.66. The van der Waals surface area contributed by atoms with Gasteiger partial charge in [0, 0.05) is 6.54 Å². The fourth-order valence-electron chi connectivity index (χ4n) is 2.80. The fraction of sp³-hybridized carbons (Fsp3) is 0.381. The van der Waals surface area contributed by atoms with Crippen LogP contribution < -0.4 is 14.8 Å². The van der Waals surface area contributed by atoms with E-state index in [9.17, 15) is 13.6 Å². The lowest BCUT2D eigenvalue weighted by atomic mass is 10.0. The molecule has 0 aliphatic rings. The number of carbonyl (C=O) groups is 1. The van der Waals surface area contributed by atoms with Gasteiger partial charge in [0.2, 0.25) is 5.91 Å². The van der Waals surface area contributed by atoms with Crippen LogP contribution in [0.15, 0.2) is 42.5 Å². The first kappa shape index (κ1) is 20.7. The van der Waals surface area contributed by atoms with E-state index in [1.807, 2.05) is 6.07 Å². The molecule has 2 aromatic carbocycles. The van der Waals surface area contributed by atoms with Gasteiger partial charge in [0.25, 0.3) is 0 Å². The topological polar surface area (TPSA) is 47.6 Å². The predicted molar refractivity (Wildman–Crippen MR) is 100 cm³/mol. The van der Waals surface area contributed by atoms with Crippen molar-refractivity contribution < 1.29 is 23.0 Å². The second kappa shape index (κ2) is 10.5. The molecule has 0 spiro atoms. The van der Waals surface area contributed by atoms with Gasteiger partial charge in [-0.1, -0.05) is 37.6 Å². The first-order valence-corrected chi connectivity index (χ1v) is 8.98. The summed E-state index contributed by atoms with van der Waals surface area (Å²) in [6.07, 6.45) is 2.92. The van der Waals surface area contributed by atoms with E-state index in [0.29, 0.717) is 13.0 Å². The summed E-state index contributed by atoms with van der Waals surface area (Å²) in [5.41, 5.74) is 3.02. The van der Waals surface area contributed by atoms with Crippen molar-refractivity contribution in [2.45, 2.75) is 39.2 Å². The number of ether oxygens (including phenoxy) is 2. The number of rotatable bonds is 10. The molecule has 0 fully saturated rings. The zero-order chi connectivity index (χ0) is 19.6. The minimum atomic E-state index is -2.85. The first-order valence-electron chi connectivity index (χ1n) is 8.98. The van der Waals surface area contributed by atoms with Crippen LogP contribution in [0, 0.1) is 0 Å². The zero-order valence-corrected chi connectivity index (χ0v) is 15.6. The highest BCUT2D eigenvalue weighted by Crippen LogP contribution is 2.22. The van der Waals surface area contributed by atoms with Crippen LogP contribution in [0.5, 0.6) is 11.5 Å². The highest BCUT2D eigenvalue weighted by Gasteiger charge is 2.07. The third-order valence-electron chi connectivity index (χ3n) is 4.12. The van der Waals surface area contributed by atoms with Gasteiger partial charge < -0.3 is 14.8 Å². The summed E-state index contributed by atoms with van der Waals surface area (Å²) in [4.78, 5) is 12.0. The number of amides is 1. The molecule has 0 bridgehead atoms. The normalized spacial score (nSPS) is 10.7. The second-order valence-electron chi connectivity index (χ2n) is 6.20. The molecule has 4 nitrogen and oxygen atoms in total. The Morgan fingerprint density at radius 3 is 2.41 bits per heavy atom. The van der Waals surface area contributed by atoms with E-state index in [1.165, 1.54) is 17.7 Å². The standard InChI is InChI=1S/C21H25F2NO3/c1-3-4-17-8-5-16(13-19(17)26-2)11-12-24-20(25)14-15-6-9-18(10-7-15)27-21(22)23/h5-10,13,21H,3-4,11-12,14H2,1-2H3,(H,24,25). The molecule has 0 aliphatic heterocycles. The molecule has 0 aliphatic carbocycles. The van der Waals surface area contributed by atoms with E-state index in [1.54, 1.807) is 19.2 Å². The van der Waals surface area contributed by atoms with Gasteiger partial charge in [0.1, 0.15) is 11.5 Å². The number of halogens is 2. The lowest BCUT2D eigenvalue weighted by Gasteiger charge is -2.11. The lowest BCUT2D eigenvalue weighted by Crippen LogP contribution is -2.27. The smallest absolute Gasteiger partial charge is 0.387 e. The third kappa shape index (κ3) is 6.89. The van der Waals surface area contributed by atoms with Gasteiger partial charge in [0.05, 0.1) is 13.5 Å². The van der Waals surface area contributed by atoms with Crippen molar-refractivity contribution in [3.8, 4) is 11.5 Å². The summed E-state index contributed by atoms with van der Waals surface area (Å²) in [6.45, 7) is -0.210. The molecule has 1 N–H and O–H groups in total. The lowest BCUT2D eigenvalue weighted by molar-refractivity contribution is -0.120. The molecular weight excluding hydrogens is 352 g/mol. The van der Waals surface area contributed by atoms with Crippen molar-refractivity contribution >= 4 is 5.91 Å². The molecule has 0 saturated heterocycles. The van der Waals surface area contributed by atoms with Crippen LogP contribution in [0.2, 0.25) is 0 Å². The molecule has 2 aromatic rings. The number of hydrogen-bond donors (Lipinski definition) is 1. The Hall–Kier alpha value is -2.63. The summed E-state index contributed by atoms with van der Waals surface area (Å²) >= 11 is 0. The molecule has 1 amide bonds. The molecule has 0 aromatic heterocycles. The number of hydrogen-bond acceptors (Lipinski definition) is 3. The minimum absolute atomic E-state index is 0.0784. The van der Waals surface area contributed by atoms with E-state index in [2.05, 4.69) is 29.1 Å². The number of nitrogens with one attached hydrogen (secondary N) is 1. The van der Waals surface area contributed by atoms with Gasteiger partial charge in [-0.05, 0) is 47.7 Å². The van der Waals surface area contributed by atoms with Crippen LogP contribution in [0.4, 0.5) is 8.78 Å². The number of aryl methyl sites for hydroxylation is 1. The van der Waals surface area contributed by atoms with Gasteiger partial charge >= 0.3 is 6.61 Å². The average molecular weight is 377 g/mol. The molecule has 0 heterocycles. The van der Waals surface area contributed by atoms with Crippen molar-refractivity contribution in [3.63, 3.8) is 0 Å². The Morgan fingerprint density at radius 1 is 1.07 bits per heavy atom. The van der Waals surface area contributed by atoms with E-state index in [4.69, 9.17) is 4.74 Å². The Balaban J connectivity index is 1.80. The SMILES string of the molecule is CCCc1ccc(CCNC(=O)Cc2ccc(OC(F)F)cc2)cc1OC. The van der Waals surface area contributed by atoms with Crippen LogP contribution in [-0.2, 0) is 24.1 Å². The number of carbonyl (C=O) groups excluding carboxylic acids is 1. The molecule has 2 rings (SSSR count).